The Labute approximate surface area is 286 Å². The van der Waals surface area contributed by atoms with E-state index >= 15 is 0 Å². The van der Waals surface area contributed by atoms with E-state index in [0.29, 0.717) is 34.9 Å². The van der Waals surface area contributed by atoms with Crippen LogP contribution in [0.25, 0.3) is 68.1 Å². The molecule has 0 spiro atoms. The lowest BCUT2D eigenvalue weighted by Gasteiger charge is -2.09. The molecule has 0 aliphatic rings. The van der Waals surface area contributed by atoms with Gasteiger partial charge in [-0.3, -0.25) is 0 Å². The van der Waals surface area contributed by atoms with Crippen molar-refractivity contribution >= 4 is 11.1 Å². The highest BCUT2D eigenvalue weighted by atomic mass is 15.0. The molecule has 0 bridgehead atoms. The minimum atomic E-state index is 0.609. The molecule has 0 aliphatic heterocycles. The van der Waals surface area contributed by atoms with Crippen LogP contribution in [0.4, 0.5) is 0 Å². The number of nitrogens with zero attached hydrogens (tertiary/aromatic N) is 6. The Morgan fingerprint density at radius 1 is 0.408 bits per heavy atom. The fourth-order valence-corrected chi connectivity index (χ4v) is 5.31. The smallest absolute Gasteiger partial charge is 0.164 e. The third kappa shape index (κ3) is 7.19. The Hall–Kier alpha value is -6.66. The van der Waals surface area contributed by atoms with Crippen LogP contribution in [0.15, 0.2) is 170 Å². The zero-order valence-electron chi connectivity index (χ0n) is 27.0. The van der Waals surface area contributed by atoms with Crippen LogP contribution in [0.3, 0.4) is 0 Å². The molecule has 0 fully saturated rings. The van der Waals surface area contributed by atoms with Crippen LogP contribution in [0, 0.1) is 0 Å². The Morgan fingerprint density at radius 2 is 0.735 bits per heavy atom. The largest absolute Gasteiger partial charge is 0.209 e. The normalized spacial score (nSPS) is 11.7. The first-order valence-corrected chi connectivity index (χ1v) is 16.0. The van der Waals surface area contributed by atoms with Crippen LogP contribution in [-0.4, -0.2) is 29.9 Å². The van der Waals surface area contributed by atoms with Gasteiger partial charge in [0.15, 0.2) is 34.9 Å². The molecule has 2 aromatic heterocycles. The summed E-state index contributed by atoms with van der Waals surface area (Å²) in [5.74, 6) is 3.74. The van der Waals surface area contributed by atoms with E-state index in [1.54, 1.807) is 0 Å². The van der Waals surface area contributed by atoms with Gasteiger partial charge in [0.25, 0.3) is 0 Å². The molecule has 5 aromatic carbocycles. The van der Waals surface area contributed by atoms with Gasteiger partial charge in [0.1, 0.15) is 0 Å². The van der Waals surface area contributed by atoms with Gasteiger partial charge in [-0.05, 0) is 23.6 Å². The molecule has 0 radical (unpaired) electrons. The third-order valence-corrected chi connectivity index (χ3v) is 7.96. The topological polar surface area (TPSA) is 77.3 Å². The molecule has 234 valence electrons. The van der Waals surface area contributed by atoms with Crippen LogP contribution in [0.2, 0.25) is 0 Å². The van der Waals surface area contributed by atoms with Gasteiger partial charge in [-0.2, -0.15) is 0 Å². The molecule has 6 heteroatoms. The summed E-state index contributed by atoms with van der Waals surface area (Å²) >= 11 is 0. The minimum Gasteiger partial charge on any atom is -0.209 e. The van der Waals surface area contributed by atoms with Crippen molar-refractivity contribution in [1.29, 1.82) is 0 Å². The van der Waals surface area contributed by atoms with Gasteiger partial charge >= 0.3 is 0 Å². The molecule has 6 nitrogen and oxygen atoms in total. The summed E-state index contributed by atoms with van der Waals surface area (Å²) in [5, 5.41) is 0. The fraction of sp³-hybridized carbons (Fsp3) is 0.0233. The van der Waals surface area contributed by atoms with E-state index in [2.05, 4.69) is 18.7 Å². The summed E-state index contributed by atoms with van der Waals surface area (Å²) in [4.78, 5) is 29.0. The first-order chi connectivity index (χ1) is 24.1. The van der Waals surface area contributed by atoms with Gasteiger partial charge < -0.3 is 0 Å². The van der Waals surface area contributed by atoms with Gasteiger partial charge in [0.2, 0.25) is 0 Å². The van der Waals surface area contributed by atoms with Crippen LogP contribution >= 0.6 is 0 Å². The highest BCUT2D eigenvalue weighted by Gasteiger charge is 2.13. The second-order valence-corrected chi connectivity index (χ2v) is 11.3. The summed E-state index contributed by atoms with van der Waals surface area (Å²) in [5.41, 5.74) is 7.49. The molecular weight excluding hydrogens is 601 g/mol. The van der Waals surface area contributed by atoms with E-state index in [4.69, 9.17) is 29.9 Å². The zero-order chi connectivity index (χ0) is 33.4. The van der Waals surface area contributed by atoms with E-state index in [1.807, 2.05) is 159 Å². The summed E-state index contributed by atoms with van der Waals surface area (Å²) in [6.07, 6.45) is 5.91. The monoisotopic (exact) mass is 632 g/mol. The van der Waals surface area contributed by atoms with Crippen LogP contribution in [0.5, 0.6) is 0 Å². The Morgan fingerprint density at radius 3 is 1.08 bits per heavy atom. The van der Waals surface area contributed by atoms with Gasteiger partial charge in [-0.25, -0.2) is 29.9 Å². The fourth-order valence-electron chi connectivity index (χ4n) is 5.31. The van der Waals surface area contributed by atoms with Crippen molar-refractivity contribution in [1.82, 2.24) is 29.9 Å². The lowest BCUT2D eigenvalue weighted by Crippen LogP contribution is -2.01. The lowest BCUT2D eigenvalue weighted by atomic mass is 10.0. The maximum Gasteiger partial charge on any atom is 0.164 e. The number of allylic oxidation sites excluding steroid dienone is 5. The maximum absolute atomic E-state index is 4.86. The molecule has 0 saturated carbocycles. The summed E-state index contributed by atoms with van der Waals surface area (Å²) in [7, 11) is 0. The van der Waals surface area contributed by atoms with Crippen molar-refractivity contribution in [3.05, 3.63) is 182 Å². The molecule has 7 aromatic rings. The zero-order valence-corrected chi connectivity index (χ0v) is 27.0. The Kier molecular flexibility index (Phi) is 9.10. The molecule has 0 N–H and O–H groups in total. The molecular formula is C43H32N6. The predicted octanol–water partition coefficient (Wildman–Crippen LogP) is 10.1. The van der Waals surface area contributed by atoms with Gasteiger partial charge in [0.05, 0.1) is 0 Å². The molecule has 7 rings (SSSR count). The summed E-state index contributed by atoms with van der Waals surface area (Å²) < 4.78 is 0. The van der Waals surface area contributed by atoms with Gasteiger partial charge in [-0.1, -0.05) is 170 Å². The first kappa shape index (κ1) is 31.0. The first-order valence-electron chi connectivity index (χ1n) is 16.0. The van der Waals surface area contributed by atoms with Crippen molar-refractivity contribution in [2.45, 2.75) is 6.92 Å². The average Bonchev–Trinajstić information content (AvgIpc) is 3.19. The average molecular weight is 633 g/mol. The molecule has 0 aliphatic carbocycles. The molecule has 2 heterocycles. The van der Waals surface area contributed by atoms with E-state index < -0.39 is 0 Å². The standard InChI is InChI=1S/C43H32N6/c1-3-31(25-24-30(2)38-44-39(33-16-8-4-9-17-33)46-40(45-38)34-18-10-5-11-19-34)32-26-28-37(29-27-32)43-48-41(35-20-12-6-13-21-35)47-42(49-43)36-22-14-7-15-23-36/h3-29H,1H2,2H3/b30-24+,31-25+. The predicted molar refractivity (Wildman–Crippen MR) is 199 cm³/mol. The summed E-state index contributed by atoms with van der Waals surface area (Å²) in [6.45, 7) is 6.10. The number of hydrogen-bond donors (Lipinski definition) is 0. The Balaban J connectivity index is 1.21. The van der Waals surface area contributed by atoms with Crippen molar-refractivity contribution in [2.24, 2.45) is 0 Å². The SMILES string of the molecule is C=C/C(=C\C=C(/C)c1nc(-c2ccccc2)nc(-c2ccccc2)n1)c1ccc(-c2nc(-c3ccccc3)nc(-c3ccccc3)n2)cc1. The van der Waals surface area contributed by atoms with E-state index in [0.717, 1.165) is 44.5 Å². The van der Waals surface area contributed by atoms with Gasteiger partial charge in [0, 0.05) is 27.8 Å². The highest BCUT2D eigenvalue weighted by molar-refractivity contribution is 5.78. The van der Waals surface area contributed by atoms with Gasteiger partial charge in [-0.15, -0.1) is 0 Å². The van der Waals surface area contributed by atoms with Crippen molar-refractivity contribution in [3.63, 3.8) is 0 Å². The highest BCUT2D eigenvalue weighted by Crippen LogP contribution is 2.27. The Bertz CT molecular complexity index is 2150. The lowest BCUT2D eigenvalue weighted by molar-refractivity contribution is 1.03. The van der Waals surface area contributed by atoms with Crippen molar-refractivity contribution in [3.8, 4) is 56.9 Å². The van der Waals surface area contributed by atoms with E-state index in [1.165, 1.54) is 0 Å². The second-order valence-electron chi connectivity index (χ2n) is 11.3. The number of rotatable bonds is 9. The van der Waals surface area contributed by atoms with E-state index in [-0.39, 0.29) is 0 Å². The minimum absolute atomic E-state index is 0.609. The van der Waals surface area contributed by atoms with Crippen LogP contribution in [0.1, 0.15) is 18.3 Å². The van der Waals surface area contributed by atoms with Crippen molar-refractivity contribution in [2.75, 3.05) is 0 Å². The van der Waals surface area contributed by atoms with Crippen LogP contribution in [-0.2, 0) is 0 Å². The van der Waals surface area contributed by atoms with E-state index in [9.17, 15) is 0 Å². The third-order valence-electron chi connectivity index (χ3n) is 7.96. The number of benzene rings is 5. The molecule has 0 atom stereocenters. The quantitative estimate of drug-likeness (QED) is 0.147. The molecule has 0 amide bonds. The summed E-state index contributed by atoms with van der Waals surface area (Å²) in [6, 6.07) is 48.1. The second kappa shape index (κ2) is 14.4. The number of aromatic nitrogens is 6. The van der Waals surface area contributed by atoms with Crippen LogP contribution < -0.4 is 0 Å². The molecule has 0 saturated heterocycles. The molecule has 0 unspecified atom stereocenters. The molecule has 49 heavy (non-hydrogen) atoms. The number of hydrogen-bond acceptors (Lipinski definition) is 6. The van der Waals surface area contributed by atoms with Crippen molar-refractivity contribution < 1.29 is 0 Å². The maximum atomic E-state index is 4.86.